The molecule has 0 aliphatic carbocycles. The summed E-state index contributed by atoms with van der Waals surface area (Å²) in [5.41, 5.74) is 2.07. The minimum atomic E-state index is -0.568. The van der Waals surface area contributed by atoms with E-state index in [4.69, 9.17) is 0 Å². The monoisotopic (exact) mass is 357 g/mol. The Morgan fingerprint density at radius 3 is 2.19 bits per heavy atom. The Hall–Kier alpha value is -2.16. The Morgan fingerprint density at radius 2 is 1.44 bits per heavy atom. The zero-order chi connectivity index (χ0) is 18.3. The van der Waals surface area contributed by atoms with E-state index in [-0.39, 0.29) is 0 Å². The smallest absolute Gasteiger partial charge is 0.0717 e. The Morgan fingerprint density at radius 1 is 0.778 bits per heavy atom. The summed E-state index contributed by atoms with van der Waals surface area (Å²) < 4.78 is 0. The van der Waals surface area contributed by atoms with Crippen molar-refractivity contribution in [3.05, 3.63) is 83.9 Å². The Kier molecular flexibility index (Phi) is 4.26. The predicted molar refractivity (Wildman–Crippen MR) is 111 cm³/mol. The van der Waals surface area contributed by atoms with Crippen LogP contribution in [0.2, 0.25) is 0 Å². The molecular weight excluding hydrogens is 330 g/mol. The molecule has 2 heteroatoms. The van der Waals surface area contributed by atoms with Crippen LogP contribution in [0.1, 0.15) is 36.8 Å². The molecule has 2 heterocycles. The first-order valence-corrected chi connectivity index (χ1v) is 10.2. The van der Waals surface area contributed by atoms with Crippen LogP contribution in [0.5, 0.6) is 0 Å². The summed E-state index contributed by atoms with van der Waals surface area (Å²) in [7, 11) is 0. The van der Waals surface area contributed by atoms with Crippen molar-refractivity contribution in [2.24, 2.45) is 0 Å². The Labute approximate surface area is 161 Å². The molecule has 0 amide bonds. The zero-order valence-corrected chi connectivity index (χ0v) is 15.7. The van der Waals surface area contributed by atoms with E-state index in [1.807, 2.05) is 0 Å². The van der Waals surface area contributed by atoms with Crippen LogP contribution in [0, 0.1) is 0 Å². The predicted octanol–water partition coefficient (Wildman–Crippen LogP) is 4.94. The molecule has 2 nitrogen and oxygen atoms in total. The maximum atomic E-state index is 11.4. The van der Waals surface area contributed by atoms with Gasteiger partial charge in [0.25, 0.3) is 0 Å². The molecular formula is C25H27NO. The molecule has 2 saturated heterocycles. The van der Waals surface area contributed by atoms with Gasteiger partial charge in [-0.25, -0.2) is 0 Å². The van der Waals surface area contributed by atoms with Crippen molar-refractivity contribution in [3.8, 4) is 0 Å². The van der Waals surface area contributed by atoms with Crippen LogP contribution in [0.25, 0.3) is 10.8 Å². The normalized spacial score (nSPS) is 27.9. The summed E-state index contributed by atoms with van der Waals surface area (Å²) in [5.74, 6) is 0. The lowest BCUT2D eigenvalue weighted by molar-refractivity contribution is -0.0539. The highest BCUT2D eigenvalue weighted by Crippen LogP contribution is 2.43. The molecule has 2 fully saturated rings. The SMILES string of the molecule is OC1(Cc2ccc3ccccc3c2)CC2CCC(C1)N2Cc1ccccc1. The lowest BCUT2D eigenvalue weighted by Crippen LogP contribution is -2.51. The number of fused-ring (bicyclic) bond motifs is 3. The van der Waals surface area contributed by atoms with Gasteiger partial charge >= 0.3 is 0 Å². The minimum Gasteiger partial charge on any atom is -0.389 e. The molecule has 2 unspecified atom stereocenters. The Balaban J connectivity index is 1.33. The number of rotatable bonds is 4. The van der Waals surface area contributed by atoms with E-state index in [9.17, 15) is 5.11 Å². The summed E-state index contributed by atoms with van der Waals surface area (Å²) in [4.78, 5) is 2.64. The van der Waals surface area contributed by atoms with Crippen LogP contribution in [-0.4, -0.2) is 27.7 Å². The standard InChI is InChI=1S/C25H27NO/c27-25(15-20-10-11-21-8-4-5-9-22(21)14-20)16-23-12-13-24(17-25)26(23)18-19-6-2-1-3-7-19/h1-11,14,23-24,27H,12-13,15-18H2. The fraction of sp³-hybridized carbons (Fsp3) is 0.360. The first-order valence-electron chi connectivity index (χ1n) is 10.2. The lowest BCUT2D eigenvalue weighted by atomic mass is 9.81. The summed E-state index contributed by atoms with van der Waals surface area (Å²) in [6, 6.07) is 26.9. The number of nitrogens with zero attached hydrogens (tertiary/aromatic N) is 1. The topological polar surface area (TPSA) is 23.5 Å². The maximum Gasteiger partial charge on any atom is 0.0717 e. The molecule has 2 aliphatic heterocycles. The molecule has 138 valence electrons. The Bertz CT molecular complexity index is 921. The third-order valence-electron chi connectivity index (χ3n) is 6.56. The third-order valence-corrected chi connectivity index (χ3v) is 6.56. The summed E-state index contributed by atoms with van der Waals surface area (Å²) >= 11 is 0. The molecule has 5 rings (SSSR count). The third kappa shape index (κ3) is 3.40. The summed E-state index contributed by atoms with van der Waals surface area (Å²) in [6.45, 7) is 1.02. The zero-order valence-electron chi connectivity index (χ0n) is 15.7. The molecule has 27 heavy (non-hydrogen) atoms. The quantitative estimate of drug-likeness (QED) is 0.715. The van der Waals surface area contributed by atoms with Crippen LogP contribution in [0.3, 0.4) is 0 Å². The minimum absolute atomic E-state index is 0.509. The second kappa shape index (κ2) is 6.78. The molecule has 2 atom stereocenters. The number of aliphatic hydroxyl groups is 1. The van der Waals surface area contributed by atoms with Crippen molar-refractivity contribution >= 4 is 10.8 Å². The van der Waals surface area contributed by atoms with Gasteiger partial charge in [-0.15, -0.1) is 0 Å². The van der Waals surface area contributed by atoms with Crippen molar-refractivity contribution in [1.82, 2.24) is 4.90 Å². The van der Waals surface area contributed by atoms with Gasteiger partial charge in [0, 0.05) is 25.0 Å². The van der Waals surface area contributed by atoms with Crippen LogP contribution in [0.15, 0.2) is 72.8 Å². The number of hydrogen-bond donors (Lipinski definition) is 1. The van der Waals surface area contributed by atoms with Crippen molar-refractivity contribution < 1.29 is 5.11 Å². The molecule has 0 radical (unpaired) electrons. The van der Waals surface area contributed by atoms with Gasteiger partial charge in [-0.3, -0.25) is 4.90 Å². The van der Waals surface area contributed by atoms with Gasteiger partial charge in [-0.05, 0) is 47.6 Å². The highest BCUT2D eigenvalue weighted by Gasteiger charge is 2.47. The van der Waals surface area contributed by atoms with Gasteiger partial charge in [-0.1, -0.05) is 72.8 Å². The summed E-state index contributed by atoms with van der Waals surface area (Å²) in [5, 5.41) is 14.0. The average molecular weight is 357 g/mol. The molecule has 1 N–H and O–H groups in total. The van der Waals surface area contributed by atoms with Crippen molar-refractivity contribution in [2.75, 3.05) is 0 Å². The van der Waals surface area contributed by atoms with Crippen LogP contribution in [0.4, 0.5) is 0 Å². The van der Waals surface area contributed by atoms with E-state index in [1.165, 1.54) is 34.7 Å². The fourth-order valence-electron chi connectivity index (χ4n) is 5.34. The summed E-state index contributed by atoms with van der Waals surface area (Å²) in [6.07, 6.45) is 4.99. The average Bonchev–Trinajstić information content (AvgIpc) is 2.93. The largest absolute Gasteiger partial charge is 0.389 e. The second-order valence-electron chi connectivity index (χ2n) is 8.53. The van der Waals surface area contributed by atoms with Gasteiger partial charge in [0.05, 0.1) is 5.60 Å². The fourth-order valence-corrected chi connectivity index (χ4v) is 5.34. The number of piperidine rings is 1. The molecule has 0 aromatic heterocycles. The van der Waals surface area contributed by atoms with Gasteiger partial charge in [0.15, 0.2) is 0 Å². The first-order chi connectivity index (χ1) is 13.2. The van der Waals surface area contributed by atoms with Gasteiger partial charge in [0.2, 0.25) is 0 Å². The molecule has 0 spiro atoms. The molecule has 3 aromatic carbocycles. The molecule has 2 aliphatic rings. The first kappa shape index (κ1) is 17.0. The van der Waals surface area contributed by atoms with Gasteiger partial charge < -0.3 is 5.11 Å². The van der Waals surface area contributed by atoms with E-state index in [2.05, 4.69) is 77.7 Å². The van der Waals surface area contributed by atoms with Crippen LogP contribution in [-0.2, 0) is 13.0 Å². The van der Waals surface area contributed by atoms with Crippen molar-refractivity contribution in [3.63, 3.8) is 0 Å². The van der Waals surface area contributed by atoms with E-state index >= 15 is 0 Å². The molecule has 3 aromatic rings. The lowest BCUT2D eigenvalue weighted by Gasteiger charge is -2.44. The van der Waals surface area contributed by atoms with Crippen molar-refractivity contribution in [1.29, 1.82) is 0 Å². The van der Waals surface area contributed by atoms with Gasteiger partial charge in [-0.2, -0.15) is 0 Å². The van der Waals surface area contributed by atoms with E-state index in [1.54, 1.807) is 0 Å². The van der Waals surface area contributed by atoms with Crippen molar-refractivity contribution in [2.45, 2.75) is 56.3 Å². The van der Waals surface area contributed by atoms with Crippen LogP contribution < -0.4 is 0 Å². The maximum absolute atomic E-state index is 11.4. The highest BCUT2D eigenvalue weighted by molar-refractivity contribution is 5.83. The number of benzene rings is 3. The second-order valence-corrected chi connectivity index (χ2v) is 8.53. The number of hydrogen-bond acceptors (Lipinski definition) is 2. The van der Waals surface area contributed by atoms with E-state index in [0.717, 1.165) is 25.8 Å². The van der Waals surface area contributed by atoms with E-state index in [0.29, 0.717) is 12.1 Å². The highest BCUT2D eigenvalue weighted by atomic mass is 16.3. The molecule has 2 bridgehead atoms. The van der Waals surface area contributed by atoms with Crippen LogP contribution >= 0.6 is 0 Å². The van der Waals surface area contributed by atoms with E-state index < -0.39 is 5.60 Å². The molecule has 0 saturated carbocycles. The van der Waals surface area contributed by atoms with Gasteiger partial charge in [0.1, 0.15) is 0 Å².